The Hall–Kier alpha value is 2.60. The SMILES string of the molecule is C[As](=O)([O-])[O-].C[As](=O)([O-])[O-].C[As](=O)([O-])[O-].[Bi+3].[Bi+3]. The van der Waals surface area contributed by atoms with Crippen LogP contribution in [-0.2, 0) is 11.2 Å². The van der Waals surface area contributed by atoms with Crippen LogP contribution in [0.15, 0.2) is 0 Å². The molecule has 0 aromatic carbocycles. The average Bonchev–Trinajstić information content (AvgIpc) is 1.41. The zero-order valence-corrected chi connectivity index (χ0v) is 21.5. The molecule has 0 aromatic rings. The summed E-state index contributed by atoms with van der Waals surface area (Å²) >= 11 is -13.9. The van der Waals surface area contributed by atoms with Crippen molar-refractivity contribution in [3.8, 4) is 0 Å². The van der Waals surface area contributed by atoms with E-state index in [0.29, 0.717) is 17.1 Å². The van der Waals surface area contributed by atoms with E-state index in [4.69, 9.17) is 35.8 Å². The molecule has 0 aliphatic heterocycles. The molecule has 4 radical (unpaired) electrons. The van der Waals surface area contributed by atoms with Gasteiger partial charge >= 0.3 is 148 Å². The zero-order valence-electron chi connectivity index (χ0n) is 8.91. The molecule has 0 amide bonds. The van der Waals surface area contributed by atoms with Gasteiger partial charge in [-0.25, -0.2) is 0 Å². The first kappa shape index (κ1) is 31.8. The van der Waals surface area contributed by atoms with Crippen molar-refractivity contribution in [1.29, 1.82) is 0 Å². The van der Waals surface area contributed by atoms with Crippen molar-refractivity contribution in [2.45, 2.75) is 17.1 Å². The van der Waals surface area contributed by atoms with Gasteiger partial charge in [0.15, 0.2) is 0 Å². The molecule has 0 aliphatic rings. The summed E-state index contributed by atoms with van der Waals surface area (Å²) < 4.78 is 82.5. The Labute approximate surface area is 146 Å². The zero-order chi connectivity index (χ0) is 13.5. The van der Waals surface area contributed by atoms with Crippen molar-refractivity contribution in [3.05, 3.63) is 0 Å². The Morgan fingerprint density at radius 2 is 0.529 bits per heavy atom. The van der Waals surface area contributed by atoms with Gasteiger partial charge < -0.3 is 0 Å². The quantitative estimate of drug-likeness (QED) is 0.214. The van der Waals surface area contributed by atoms with Crippen LogP contribution >= 0.6 is 0 Å². The van der Waals surface area contributed by atoms with Crippen molar-refractivity contribution in [2.24, 2.45) is 0 Å². The van der Waals surface area contributed by atoms with Crippen molar-refractivity contribution in [1.82, 2.24) is 0 Å². The third-order valence-electron chi connectivity index (χ3n) is 0. The predicted molar refractivity (Wildman–Crippen MR) is 48.4 cm³/mol. The van der Waals surface area contributed by atoms with E-state index in [-0.39, 0.29) is 52.4 Å². The first-order valence-corrected chi connectivity index (χ1v) is 15.5. The molecule has 0 saturated heterocycles. The number of rotatable bonds is 0. The summed E-state index contributed by atoms with van der Waals surface area (Å²) in [5.74, 6) is 0. The molecule has 17 heavy (non-hydrogen) atoms. The third kappa shape index (κ3) is 757. The third-order valence-corrected chi connectivity index (χ3v) is 0. The average molecular weight is 832 g/mol. The van der Waals surface area contributed by atoms with E-state index >= 15 is 0 Å². The summed E-state index contributed by atoms with van der Waals surface area (Å²) in [4.78, 5) is 0. The summed E-state index contributed by atoms with van der Waals surface area (Å²) in [7, 11) is 0. The smallest absolute Gasteiger partial charge is 3.00 e. The second-order valence-corrected chi connectivity index (χ2v) is 12.0. The van der Waals surface area contributed by atoms with Gasteiger partial charge in [0.2, 0.25) is 0 Å². The summed E-state index contributed by atoms with van der Waals surface area (Å²) in [6.45, 7) is 0. The van der Waals surface area contributed by atoms with Crippen LogP contribution < -0.4 is 24.6 Å². The van der Waals surface area contributed by atoms with Gasteiger partial charge in [-0.3, -0.25) is 0 Å². The van der Waals surface area contributed by atoms with Gasteiger partial charge in [-0.05, 0) is 0 Å². The summed E-state index contributed by atoms with van der Waals surface area (Å²) in [6.07, 6.45) is 0. The molecule has 0 aromatic heterocycles. The number of hydrogen-bond donors (Lipinski definition) is 0. The summed E-state index contributed by atoms with van der Waals surface area (Å²) in [5, 5.41) is 0. The minimum atomic E-state index is -4.62. The fraction of sp³-hybridized carbons (Fsp3) is 1.00. The maximum Gasteiger partial charge on any atom is 3.00 e. The normalized spacial score (nSPS) is 10.4. The van der Waals surface area contributed by atoms with E-state index in [1.165, 1.54) is 0 Å². The Morgan fingerprint density at radius 1 is 0.529 bits per heavy atom. The molecule has 0 spiro atoms. The largest absolute Gasteiger partial charge is 3.00 e. The second kappa shape index (κ2) is 13.6. The van der Waals surface area contributed by atoms with Gasteiger partial charge in [0.1, 0.15) is 0 Å². The van der Waals surface area contributed by atoms with E-state index in [2.05, 4.69) is 0 Å². The molecule has 0 atom stereocenters. The molecule has 0 fully saturated rings. The second-order valence-electron chi connectivity index (χ2n) is 2.31. The molecule has 14 heteroatoms. The minimum Gasteiger partial charge on any atom is 3.00 e. The molecular formula is C3H9As3Bi2O9. The van der Waals surface area contributed by atoms with Crippen LogP contribution in [-0.4, -0.2) is 94.9 Å². The molecule has 0 rings (SSSR count). The first-order chi connectivity index (χ1) is 6.00. The van der Waals surface area contributed by atoms with Crippen LogP contribution in [0.25, 0.3) is 0 Å². The Balaban J connectivity index is -0.0000000400. The van der Waals surface area contributed by atoms with Gasteiger partial charge in [0, 0.05) is 0 Å². The minimum absolute atomic E-state index is 0. The van der Waals surface area contributed by atoms with Gasteiger partial charge in [-0.1, -0.05) is 0 Å². The van der Waals surface area contributed by atoms with Crippen LogP contribution in [0.5, 0.6) is 0 Å². The first-order valence-electron chi connectivity index (χ1n) is 2.98. The molecule has 0 N–H and O–H groups in total. The van der Waals surface area contributed by atoms with E-state index in [9.17, 15) is 0 Å². The van der Waals surface area contributed by atoms with E-state index in [1.807, 2.05) is 0 Å². The monoisotopic (exact) mass is 832 g/mol. The van der Waals surface area contributed by atoms with Crippen LogP contribution in [0, 0.1) is 0 Å². The van der Waals surface area contributed by atoms with E-state index in [1.54, 1.807) is 0 Å². The van der Waals surface area contributed by atoms with Gasteiger partial charge in [0.25, 0.3) is 0 Å². The summed E-state index contributed by atoms with van der Waals surface area (Å²) in [5.41, 5.74) is 2.08. The maximum absolute atomic E-state index is 9.16. The fourth-order valence-corrected chi connectivity index (χ4v) is 0. The van der Waals surface area contributed by atoms with Gasteiger partial charge in [0.05, 0.1) is 0 Å². The Kier molecular flexibility index (Phi) is 25.4. The maximum atomic E-state index is 9.16. The van der Waals surface area contributed by atoms with Gasteiger partial charge in [-0.15, -0.1) is 0 Å². The standard InChI is InChI=1S/3CH5AsO3.2Bi/c3*1-2(3,4)5;;/h3*1H3,(H2,3,4,5);;/q;;;2*+3/p-6. The Morgan fingerprint density at radius 3 is 0.529 bits per heavy atom. The predicted octanol–water partition coefficient (Wildman–Crippen LogP) is -7.64. The molecule has 0 aliphatic carbocycles. The van der Waals surface area contributed by atoms with Crippen LogP contribution in [0.4, 0.5) is 0 Å². The Bertz CT molecular complexity index is 216. The molecule has 0 unspecified atom stereocenters. The molecule has 0 saturated carbocycles. The molecule has 9 nitrogen and oxygen atoms in total. The summed E-state index contributed by atoms with van der Waals surface area (Å²) in [6, 6.07) is 0. The van der Waals surface area contributed by atoms with E-state index < -0.39 is 42.5 Å². The van der Waals surface area contributed by atoms with Crippen LogP contribution in [0.3, 0.4) is 0 Å². The molecule has 100 valence electrons. The fourth-order valence-electron chi connectivity index (χ4n) is 0. The van der Waals surface area contributed by atoms with Crippen molar-refractivity contribution < 1.29 is 35.8 Å². The van der Waals surface area contributed by atoms with E-state index in [0.717, 1.165) is 0 Å². The van der Waals surface area contributed by atoms with Crippen molar-refractivity contribution >= 4 is 94.9 Å². The molecular weight excluding hydrogens is 823 g/mol. The number of hydrogen-bond acceptors (Lipinski definition) is 9. The molecule has 0 bridgehead atoms. The van der Waals surface area contributed by atoms with Crippen LogP contribution in [0.1, 0.15) is 0 Å². The van der Waals surface area contributed by atoms with Gasteiger partial charge in [-0.2, -0.15) is 0 Å². The van der Waals surface area contributed by atoms with Crippen molar-refractivity contribution in [3.63, 3.8) is 0 Å². The molecule has 0 heterocycles. The van der Waals surface area contributed by atoms with Crippen LogP contribution in [0.2, 0.25) is 17.1 Å². The topological polar surface area (TPSA) is 190 Å². The van der Waals surface area contributed by atoms with Crippen molar-refractivity contribution in [2.75, 3.05) is 0 Å².